The molecule has 0 atom stereocenters. The minimum atomic E-state index is -0.319. The Labute approximate surface area is 120 Å². The van der Waals surface area contributed by atoms with E-state index in [9.17, 15) is 9.18 Å². The van der Waals surface area contributed by atoms with Crippen LogP contribution in [0.2, 0.25) is 0 Å². The molecular formula is C15H14FN3O2. The largest absolute Gasteiger partial charge is 0.469 e. The lowest BCUT2D eigenvalue weighted by molar-refractivity contribution is -0.121. The number of hydrogen-bond acceptors (Lipinski definition) is 3. The summed E-state index contributed by atoms with van der Waals surface area (Å²) in [5.41, 5.74) is 1.30. The smallest absolute Gasteiger partial charge is 0.220 e. The summed E-state index contributed by atoms with van der Waals surface area (Å²) in [5, 5.41) is 2.77. The zero-order valence-electron chi connectivity index (χ0n) is 11.2. The van der Waals surface area contributed by atoms with Gasteiger partial charge in [0.05, 0.1) is 23.8 Å². The Morgan fingerprint density at radius 1 is 1.38 bits per heavy atom. The Balaban J connectivity index is 1.54. The highest BCUT2D eigenvalue weighted by atomic mass is 19.1. The lowest BCUT2D eigenvalue weighted by Gasteiger charge is -2.01. The molecule has 0 radical (unpaired) electrons. The second-order valence-electron chi connectivity index (χ2n) is 4.70. The number of furan rings is 1. The minimum Gasteiger partial charge on any atom is -0.469 e. The summed E-state index contributed by atoms with van der Waals surface area (Å²) in [4.78, 5) is 19.0. The number of rotatable bonds is 5. The highest BCUT2D eigenvalue weighted by Crippen LogP contribution is 2.12. The van der Waals surface area contributed by atoms with Crippen LogP contribution in [0.1, 0.15) is 18.0 Å². The van der Waals surface area contributed by atoms with Crippen molar-refractivity contribution in [3.05, 3.63) is 54.0 Å². The van der Waals surface area contributed by atoms with E-state index in [1.165, 1.54) is 12.1 Å². The molecule has 0 aliphatic rings. The Bertz CT molecular complexity index is 749. The maximum Gasteiger partial charge on any atom is 0.220 e. The topological polar surface area (TPSA) is 70.9 Å². The van der Waals surface area contributed by atoms with Gasteiger partial charge in [-0.1, -0.05) is 0 Å². The number of aromatic amines is 1. The first kappa shape index (κ1) is 13.4. The van der Waals surface area contributed by atoms with Crippen molar-refractivity contribution in [3.63, 3.8) is 0 Å². The summed E-state index contributed by atoms with van der Waals surface area (Å²) in [5.74, 6) is 0.976. The van der Waals surface area contributed by atoms with Crippen LogP contribution in [0.3, 0.4) is 0 Å². The Morgan fingerprint density at radius 3 is 3.10 bits per heavy atom. The summed E-state index contributed by atoms with van der Waals surface area (Å²) in [7, 11) is 0. The van der Waals surface area contributed by atoms with Crippen LogP contribution in [-0.4, -0.2) is 15.9 Å². The second kappa shape index (κ2) is 5.78. The number of nitrogens with zero attached hydrogens (tertiary/aromatic N) is 1. The van der Waals surface area contributed by atoms with Crippen LogP contribution >= 0.6 is 0 Å². The molecule has 2 aromatic heterocycles. The highest BCUT2D eigenvalue weighted by molar-refractivity contribution is 5.77. The lowest BCUT2D eigenvalue weighted by atomic mass is 10.2. The van der Waals surface area contributed by atoms with E-state index in [2.05, 4.69) is 15.3 Å². The average Bonchev–Trinajstić information content (AvgIpc) is 3.11. The van der Waals surface area contributed by atoms with Crippen molar-refractivity contribution in [1.29, 1.82) is 0 Å². The summed E-state index contributed by atoms with van der Waals surface area (Å²) in [6.45, 7) is 0.285. The summed E-state index contributed by atoms with van der Waals surface area (Å²) in [6, 6.07) is 7.96. The van der Waals surface area contributed by atoms with E-state index in [-0.39, 0.29) is 18.3 Å². The third-order valence-corrected chi connectivity index (χ3v) is 3.12. The van der Waals surface area contributed by atoms with E-state index < -0.39 is 0 Å². The third kappa shape index (κ3) is 3.28. The molecule has 1 amide bonds. The van der Waals surface area contributed by atoms with Gasteiger partial charge in [-0.25, -0.2) is 9.37 Å². The number of carbonyl (C=O) groups excluding carboxylic acids is 1. The first-order valence-electron chi connectivity index (χ1n) is 6.64. The number of hydrogen-bond donors (Lipinski definition) is 2. The molecule has 2 heterocycles. The molecule has 0 unspecified atom stereocenters. The molecule has 0 saturated heterocycles. The molecule has 1 aromatic carbocycles. The van der Waals surface area contributed by atoms with Crippen LogP contribution in [0, 0.1) is 5.82 Å². The molecule has 3 aromatic rings. The molecule has 21 heavy (non-hydrogen) atoms. The van der Waals surface area contributed by atoms with Gasteiger partial charge in [0.15, 0.2) is 0 Å². The number of carbonyl (C=O) groups is 1. The van der Waals surface area contributed by atoms with Gasteiger partial charge >= 0.3 is 0 Å². The Kier molecular flexibility index (Phi) is 3.68. The van der Waals surface area contributed by atoms with Gasteiger partial charge in [0.1, 0.15) is 17.4 Å². The van der Waals surface area contributed by atoms with Crippen molar-refractivity contribution >= 4 is 16.9 Å². The Hall–Kier alpha value is -2.63. The summed E-state index contributed by atoms with van der Waals surface area (Å²) in [6.07, 6.45) is 2.49. The molecule has 0 aliphatic heterocycles. The number of imidazole rings is 1. The van der Waals surface area contributed by atoms with E-state index >= 15 is 0 Å². The monoisotopic (exact) mass is 287 g/mol. The van der Waals surface area contributed by atoms with Gasteiger partial charge in [-0.05, 0) is 30.3 Å². The number of aromatic nitrogens is 2. The zero-order valence-corrected chi connectivity index (χ0v) is 11.2. The number of nitrogens with one attached hydrogen (secondary N) is 2. The van der Waals surface area contributed by atoms with Crippen molar-refractivity contribution in [2.24, 2.45) is 0 Å². The predicted molar refractivity (Wildman–Crippen MR) is 74.9 cm³/mol. The normalized spacial score (nSPS) is 10.9. The SMILES string of the molecule is O=C(CCc1ccco1)NCc1nc2ccc(F)cc2[nH]1. The van der Waals surface area contributed by atoms with E-state index in [1.807, 2.05) is 6.07 Å². The first-order valence-corrected chi connectivity index (χ1v) is 6.64. The molecular weight excluding hydrogens is 273 g/mol. The predicted octanol–water partition coefficient (Wildman–Crippen LogP) is 2.54. The lowest BCUT2D eigenvalue weighted by Crippen LogP contribution is -2.23. The number of aryl methyl sites for hydroxylation is 1. The molecule has 0 spiro atoms. The maximum atomic E-state index is 13.1. The average molecular weight is 287 g/mol. The van der Waals surface area contributed by atoms with Crippen LogP contribution in [-0.2, 0) is 17.8 Å². The van der Waals surface area contributed by atoms with Gasteiger partial charge in [-0.3, -0.25) is 4.79 Å². The standard InChI is InChI=1S/C15H14FN3O2/c16-10-3-5-12-13(8-10)19-14(18-12)9-17-15(20)6-4-11-2-1-7-21-11/h1-3,5,7-8H,4,6,9H2,(H,17,20)(H,18,19). The molecule has 108 valence electrons. The maximum absolute atomic E-state index is 13.1. The molecule has 0 bridgehead atoms. The van der Waals surface area contributed by atoms with Gasteiger partial charge in [-0.15, -0.1) is 0 Å². The number of fused-ring (bicyclic) bond motifs is 1. The molecule has 0 fully saturated rings. The van der Waals surface area contributed by atoms with E-state index in [0.29, 0.717) is 29.7 Å². The summed E-state index contributed by atoms with van der Waals surface area (Å²) >= 11 is 0. The zero-order chi connectivity index (χ0) is 14.7. The van der Waals surface area contributed by atoms with Gasteiger partial charge in [0.2, 0.25) is 5.91 Å². The number of benzene rings is 1. The molecule has 2 N–H and O–H groups in total. The first-order chi connectivity index (χ1) is 10.2. The number of halogens is 1. The van der Waals surface area contributed by atoms with Gasteiger partial charge in [-0.2, -0.15) is 0 Å². The van der Waals surface area contributed by atoms with Crippen molar-refractivity contribution in [1.82, 2.24) is 15.3 Å². The molecule has 3 rings (SSSR count). The molecule has 0 aliphatic carbocycles. The van der Waals surface area contributed by atoms with E-state index in [0.717, 1.165) is 5.76 Å². The second-order valence-corrected chi connectivity index (χ2v) is 4.70. The van der Waals surface area contributed by atoms with Gasteiger partial charge < -0.3 is 14.7 Å². The fourth-order valence-electron chi connectivity index (χ4n) is 2.08. The molecule has 5 nitrogen and oxygen atoms in total. The highest BCUT2D eigenvalue weighted by Gasteiger charge is 2.07. The Morgan fingerprint density at radius 2 is 2.29 bits per heavy atom. The van der Waals surface area contributed by atoms with E-state index in [1.54, 1.807) is 18.4 Å². The fraction of sp³-hybridized carbons (Fsp3) is 0.200. The van der Waals surface area contributed by atoms with Crippen molar-refractivity contribution in [2.75, 3.05) is 0 Å². The fourth-order valence-corrected chi connectivity index (χ4v) is 2.08. The van der Waals surface area contributed by atoms with Crippen LogP contribution < -0.4 is 5.32 Å². The van der Waals surface area contributed by atoms with Crippen molar-refractivity contribution in [2.45, 2.75) is 19.4 Å². The van der Waals surface area contributed by atoms with E-state index in [4.69, 9.17) is 4.42 Å². The van der Waals surface area contributed by atoms with Crippen LogP contribution in [0.5, 0.6) is 0 Å². The third-order valence-electron chi connectivity index (χ3n) is 3.12. The van der Waals surface area contributed by atoms with Crippen LogP contribution in [0.4, 0.5) is 4.39 Å². The minimum absolute atomic E-state index is 0.0852. The van der Waals surface area contributed by atoms with Crippen molar-refractivity contribution in [3.8, 4) is 0 Å². The molecule has 0 saturated carbocycles. The van der Waals surface area contributed by atoms with Crippen LogP contribution in [0.15, 0.2) is 41.0 Å². The molecule has 6 heteroatoms. The number of H-pyrrole nitrogens is 1. The van der Waals surface area contributed by atoms with Gasteiger partial charge in [0.25, 0.3) is 0 Å². The quantitative estimate of drug-likeness (QED) is 0.757. The van der Waals surface area contributed by atoms with Crippen LogP contribution in [0.25, 0.3) is 11.0 Å². The number of amides is 1. The van der Waals surface area contributed by atoms with Gasteiger partial charge in [0, 0.05) is 12.8 Å². The van der Waals surface area contributed by atoms with Crippen molar-refractivity contribution < 1.29 is 13.6 Å². The summed E-state index contributed by atoms with van der Waals surface area (Å²) < 4.78 is 18.2.